The lowest BCUT2D eigenvalue weighted by atomic mass is 9.81. The first kappa shape index (κ1) is 13.5. The first-order chi connectivity index (χ1) is 9.56. The Morgan fingerprint density at radius 2 is 2.05 bits per heavy atom. The SMILES string of the molecule is NC1CC(CNS(=O)(=O)c2cccc3ncccc23)C1. The molecule has 1 saturated carbocycles. The second kappa shape index (κ2) is 5.12. The summed E-state index contributed by atoms with van der Waals surface area (Å²) in [6.07, 6.45) is 3.43. The standard InChI is InChI=1S/C14H17N3O2S/c15-11-7-10(8-11)9-17-20(18,19)14-5-1-4-13-12(14)3-2-6-16-13/h1-6,10-11,17H,7-9,15H2. The maximum Gasteiger partial charge on any atom is 0.241 e. The lowest BCUT2D eigenvalue weighted by molar-refractivity contribution is 0.267. The Labute approximate surface area is 118 Å². The molecule has 1 aliphatic carbocycles. The van der Waals surface area contributed by atoms with Crippen LogP contribution in [0.25, 0.3) is 10.9 Å². The van der Waals surface area contributed by atoms with Gasteiger partial charge in [-0.05, 0) is 43.0 Å². The van der Waals surface area contributed by atoms with Crippen LogP contribution in [0.1, 0.15) is 12.8 Å². The highest BCUT2D eigenvalue weighted by atomic mass is 32.2. The minimum atomic E-state index is -3.51. The minimum Gasteiger partial charge on any atom is -0.328 e. The van der Waals surface area contributed by atoms with Crippen molar-refractivity contribution in [3.05, 3.63) is 36.5 Å². The van der Waals surface area contributed by atoms with E-state index in [1.54, 1.807) is 36.5 Å². The summed E-state index contributed by atoms with van der Waals surface area (Å²) in [5.41, 5.74) is 6.39. The molecule has 0 atom stereocenters. The second-order valence-electron chi connectivity index (χ2n) is 5.28. The van der Waals surface area contributed by atoms with Crippen molar-refractivity contribution < 1.29 is 8.42 Å². The van der Waals surface area contributed by atoms with Gasteiger partial charge in [-0.15, -0.1) is 0 Å². The van der Waals surface area contributed by atoms with E-state index >= 15 is 0 Å². The van der Waals surface area contributed by atoms with Crippen molar-refractivity contribution in [3.63, 3.8) is 0 Å². The Morgan fingerprint density at radius 1 is 1.25 bits per heavy atom. The smallest absolute Gasteiger partial charge is 0.241 e. The van der Waals surface area contributed by atoms with Gasteiger partial charge in [-0.3, -0.25) is 4.98 Å². The van der Waals surface area contributed by atoms with E-state index in [0.29, 0.717) is 23.4 Å². The van der Waals surface area contributed by atoms with Gasteiger partial charge in [0.2, 0.25) is 10.0 Å². The van der Waals surface area contributed by atoms with E-state index in [1.807, 2.05) is 0 Å². The van der Waals surface area contributed by atoms with Crippen LogP contribution >= 0.6 is 0 Å². The highest BCUT2D eigenvalue weighted by Gasteiger charge is 2.27. The van der Waals surface area contributed by atoms with Gasteiger partial charge in [0.25, 0.3) is 0 Å². The molecular formula is C14H17N3O2S. The van der Waals surface area contributed by atoms with Gasteiger partial charge in [-0.25, -0.2) is 13.1 Å². The Hall–Kier alpha value is -1.50. The molecule has 0 aliphatic heterocycles. The lowest BCUT2D eigenvalue weighted by Gasteiger charge is -2.32. The van der Waals surface area contributed by atoms with Crippen molar-refractivity contribution in [1.82, 2.24) is 9.71 Å². The highest BCUT2D eigenvalue weighted by molar-refractivity contribution is 7.89. The average molecular weight is 291 g/mol. The average Bonchev–Trinajstić information content (AvgIpc) is 2.42. The summed E-state index contributed by atoms with van der Waals surface area (Å²) in [4.78, 5) is 4.46. The molecule has 1 aromatic heterocycles. The topological polar surface area (TPSA) is 85.1 Å². The van der Waals surface area contributed by atoms with E-state index in [9.17, 15) is 8.42 Å². The fourth-order valence-corrected chi connectivity index (χ4v) is 3.90. The summed E-state index contributed by atoms with van der Waals surface area (Å²) in [5.74, 6) is 0.355. The molecule has 1 heterocycles. The monoisotopic (exact) mass is 291 g/mol. The predicted molar refractivity (Wildman–Crippen MR) is 77.6 cm³/mol. The zero-order chi connectivity index (χ0) is 14.2. The van der Waals surface area contributed by atoms with Crippen LogP contribution in [-0.2, 0) is 10.0 Å². The van der Waals surface area contributed by atoms with Crippen molar-refractivity contribution in [2.45, 2.75) is 23.8 Å². The molecule has 3 N–H and O–H groups in total. The minimum absolute atomic E-state index is 0.228. The van der Waals surface area contributed by atoms with Gasteiger partial charge in [0.05, 0.1) is 10.4 Å². The van der Waals surface area contributed by atoms with Crippen LogP contribution in [0.15, 0.2) is 41.4 Å². The second-order valence-corrected chi connectivity index (χ2v) is 7.01. The number of sulfonamides is 1. The van der Waals surface area contributed by atoms with Crippen LogP contribution in [0, 0.1) is 5.92 Å². The Bertz CT molecular complexity index is 719. The third-order valence-corrected chi connectivity index (χ3v) is 5.21. The normalized spacial score (nSPS) is 22.6. The van der Waals surface area contributed by atoms with Crippen molar-refractivity contribution in [2.75, 3.05) is 6.54 Å². The third-order valence-electron chi connectivity index (χ3n) is 3.73. The van der Waals surface area contributed by atoms with Crippen molar-refractivity contribution in [3.8, 4) is 0 Å². The molecular weight excluding hydrogens is 274 g/mol. The van der Waals surface area contributed by atoms with Crippen LogP contribution in [0.2, 0.25) is 0 Å². The van der Waals surface area contributed by atoms with Crippen molar-refractivity contribution >= 4 is 20.9 Å². The summed E-state index contributed by atoms with van der Waals surface area (Å²) in [7, 11) is -3.51. The molecule has 2 aromatic rings. The molecule has 0 spiro atoms. The van der Waals surface area contributed by atoms with Crippen LogP contribution in [0.3, 0.4) is 0 Å². The molecule has 0 saturated heterocycles. The summed E-state index contributed by atoms with van der Waals surface area (Å²) in [5, 5.41) is 0.646. The van der Waals surface area contributed by atoms with Crippen LogP contribution < -0.4 is 10.5 Å². The van der Waals surface area contributed by atoms with Gasteiger partial charge in [-0.1, -0.05) is 6.07 Å². The highest BCUT2D eigenvalue weighted by Crippen LogP contribution is 2.26. The van der Waals surface area contributed by atoms with E-state index in [4.69, 9.17) is 5.73 Å². The zero-order valence-corrected chi connectivity index (χ0v) is 11.8. The quantitative estimate of drug-likeness (QED) is 0.888. The molecule has 3 rings (SSSR count). The van der Waals surface area contributed by atoms with Crippen molar-refractivity contribution in [2.24, 2.45) is 11.7 Å². The molecule has 1 aromatic carbocycles. The summed E-state index contributed by atoms with van der Waals surface area (Å²) in [6, 6.07) is 8.87. The molecule has 20 heavy (non-hydrogen) atoms. The summed E-state index contributed by atoms with van der Waals surface area (Å²) in [6.45, 7) is 0.451. The maximum absolute atomic E-state index is 12.4. The number of nitrogens with one attached hydrogen (secondary N) is 1. The molecule has 1 fully saturated rings. The molecule has 0 bridgehead atoms. The fourth-order valence-electron chi connectivity index (χ4n) is 2.57. The summed E-state index contributed by atoms with van der Waals surface area (Å²) < 4.78 is 27.5. The van der Waals surface area contributed by atoms with E-state index < -0.39 is 10.0 Å². The van der Waals surface area contributed by atoms with Crippen LogP contribution in [0.5, 0.6) is 0 Å². The number of benzene rings is 1. The Balaban J connectivity index is 1.85. The molecule has 6 heteroatoms. The van der Waals surface area contributed by atoms with E-state index in [0.717, 1.165) is 12.8 Å². The predicted octanol–water partition coefficient (Wildman–Crippen LogP) is 1.25. The molecule has 0 radical (unpaired) electrons. The van der Waals surface area contributed by atoms with Gasteiger partial charge in [0.1, 0.15) is 0 Å². The molecule has 0 amide bonds. The number of aromatic nitrogens is 1. The number of rotatable bonds is 4. The zero-order valence-electron chi connectivity index (χ0n) is 11.0. The van der Waals surface area contributed by atoms with E-state index in [-0.39, 0.29) is 10.9 Å². The Kier molecular flexibility index (Phi) is 3.45. The number of nitrogens with zero attached hydrogens (tertiary/aromatic N) is 1. The van der Waals surface area contributed by atoms with Gasteiger partial charge in [0.15, 0.2) is 0 Å². The number of pyridine rings is 1. The van der Waals surface area contributed by atoms with Gasteiger partial charge in [-0.2, -0.15) is 0 Å². The number of nitrogens with two attached hydrogens (primary N) is 1. The maximum atomic E-state index is 12.4. The van der Waals surface area contributed by atoms with Crippen molar-refractivity contribution in [1.29, 1.82) is 0 Å². The third kappa shape index (κ3) is 2.54. The number of fused-ring (bicyclic) bond motifs is 1. The summed E-state index contributed by atoms with van der Waals surface area (Å²) >= 11 is 0. The molecule has 0 unspecified atom stereocenters. The largest absolute Gasteiger partial charge is 0.328 e. The first-order valence-corrected chi connectivity index (χ1v) is 8.13. The van der Waals surface area contributed by atoms with Gasteiger partial charge >= 0.3 is 0 Å². The van der Waals surface area contributed by atoms with Crippen LogP contribution in [0.4, 0.5) is 0 Å². The first-order valence-electron chi connectivity index (χ1n) is 6.65. The molecule has 106 valence electrons. The Morgan fingerprint density at radius 3 is 2.80 bits per heavy atom. The lowest BCUT2D eigenvalue weighted by Crippen LogP contribution is -2.42. The number of hydrogen-bond donors (Lipinski definition) is 2. The molecule has 1 aliphatic rings. The van der Waals surface area contributed by atoms with E-state index in [1.165, 1.54) is 0 Å². The number of hydrogen-bond acceptors (Lipinski definition) is 4. The van der Waals surface area contributed by atoms with E-state index in [2.05, 4.69) is 9.71 Å². The van der Waals surface area contributed by atoms with Gasteiger partial charge < -0.3 is 5.73 Å². The molecule has 5 nitrogen and oxygen atoms in total. The van der Waals surface area contributed by atoms with Crippen LogP contribution in [-0.4, -0.2) is 26.0 Å². The fraction of sp³-hybridized carbons (Fsp3) is 0.357. The van der Waals surface area contributed by atoms with Gasteiger partial charge in [0, 0.05) is 24.2 Å².